The summed E-state index contributed by atoms with van der Waals surface area (Å²) < 4.78 is 6.30. The van der Waals surface area contributed by atoms with Crippen LogP contribution in [0.15, 0.2) is 18.2 Å². The zero-order valence-corrected chi connectivity index (χ0v) is 12.5. The largest absolute Gasteiger partial charge is 0.479 e. The molecule has 1 heterocycles. The van der Waals surface area contributed by atoms with Crippen molar-refractivity contribution in [3.8, 4) is 0 Å². The van der Waals surface area contributed by atoms with Gasteiger partial charge in [-0.15, -0.1) is 0 Å². The number of hydrogen-bond donors (Lipinski definition) is 2. The molecule has 5 nitrogen and oxygen atoms in total. The quantitative estimate of drug-likeness (QED) is 0.795. The van der Waals surface area contributed by atoms with E-state index < -0.39 is 18.2 Å². The van der Waals surface area contributed by atoms with E-state index in [-0.39, 0.29) is 5.91 Å². The van der Waals surface area contributed by atoms with Crippen LogP contribution in [0.2, 0.25) is 0 Å². The Hall–Kier alpha value is -1.15. The molecule has 1 amide bonds. The van der Waals surface area contributed by atoms with Crippen molar-refractivity contribution in [3.05, 3.63) is 27.3 Å². The first-order valence-electron chi connectivity index (χ1n) is 5.92. The molecule has 2 unspecified atom stereocenters. The smallest absolute Gasteiger partial charge is 0.332 e. The summed E-state index contributed by atoms with van der Waals surface area (Å²) in [4.78, 5) is 22.8. The van der Waals surface area contributed by atoms with Gasteiger partial charge in [-0.3, -0.25) is 4.79 Å². The van der Waals surface area contributed by atoms with E-state index >= 15 is 0 Å². The van der Waals surface area contributed by atoms with Crippen molar-refractivity contribution < 1.29 is 19.4 Å². The molecule has 2 rings (SSSR count). The maximum atomic E-state index is 12.0. The molecule has 0 radical (unpaired) electrons. The minimum atomic E-state index is -1.01. The van der Waals surface area contributed by atoms with Gasteiger partial charge in [0.1, 0.15) is 6.10 Å². The Kier molecular flexibility index (Phi) is 4.41. The van der Waals surface area contributed by atoms with Crippen molar-refractivity contribution in [2.45, 2.75) is 32.0 Å². The molecule has 1 aromatic carbocycles. The van der Waals surface area contributed by atoms with E-state index in [0.717, 1.165) is 14.8 Å². The molecule has 19 heavy (non-hydrogen) atoms. The SMILES string of the molecule is Cc1cc(I)ccc1NC(=O)C1CCC(C(=O)O)O1. The van der Waals surface area contributed by atoms with Gasteiger partial charge in [0.05, 0.1) is 0 Å². The second-order valence-electron chi connectivity index (χ2n) is 4.48. The summed E-state index contributed by atoms with van der Waals surface area (Å²) in [5.41, 5.74) is 1.70. The number of aryl methyl sites for hydroxylation is 1. The molecule has 2 atom stereocenters. The van der Waals surface area contributed by atoms with Crippen LogP contribution in [-0.2, 0) is 14.3 Å². The Bertz CT molecular complexity index is 517. The van der Waals surface area contributed by atoms with Crippen LogP contribution in [-0.4, -0.2) is 29.2 Å². The number of aliphatic carboxylic acids is 1. The molecule has 1 aliphatic heterocycles. The lowest BCUT2D eigenvalue weighted by Crippen LogP contribution is -2.30. The zero-order valence-electron chi connectivity index (χ0n) is 10.4. The predicted molar refractivity (Wildman–Crippen MR) is 78.1 cm³/mol. The van der Waals surface area contributed by atoms with Crippen LogP contribution >= 0.6 is 22.6 Å². The third-order valence-electron chi connectivity index (χ3n) is 3.03. The third kappa shape index (κ3) is 3.44. The van der Waals surface area contributed by atoms with Crippen LogP contribution in [0.5, 0.6) is 0 Å². The number of ether oxygens (including phenoxy) is 1. The number of halogens is 1. The van der Waals surface area contributed by atoms with E-state index in [0.29, 0.717) is 12.8 Å². The number of carbonyl (C=O) groups excluding carboxylic acids is 1. The number of rotatable bonds is 3. The normalized spacial score (nSPS) is 22.2. The number of carboxylic acids is 1. The summed E-state index contributed by atoms with van der Waals surface area (Å²) in [6.07, 6.45) is -0.737. The third-order valence-corrected chi connectivity index (χ3v) is 3.70. The minimum Gasteiger partial charge on any atom is -0.479 e. The van der Waals surface area contributed by atoms with Crippen molar-refractivity contribution in [2.75, 3.05) is 5.32 Å². The summed E-state index contributed by atoms with van der Waals surface area (Å²) in [6, 6.07) is 5.70. The number of carbonyl (C=O) groups is 2. The summed E-state index contributed by atoms with van der Waals surface area (Å²) in [5.74, 6) is -1.30. The lowest BCUT2D eigenvalue weighted by Gasteiger charge is -2.13. The summed E-state index contributed by atoms with van der Waals surface area (Å²) in [6.45, 7) is 1.91. The summed E-state index contributed by atoms with van der Waals surface area (Å²) >= 11 is 2.20. The zero-order chi connectivity index (χ0) is 14.0. The predicted octanol–water partition coefficient (Wildman–Crippen LogP) is 2.17. The molecule has 0 aliphatic carbocycles. The highest BCUT2D eigenvalue weighted by atomic mass is 127. The average Bonchev–Trinajstić information content (AvgIpc) is 2.82. The highest BCUT2D eigenvalue weighted by Gasteiger charge is 2.34. The number of nitrogens with one attached hydrogen (secondary N) is 1. The molecule has 0 bridgehead atoms. The van der Waals surface area contributed by atoms with Crippen LogP contribution in [0.1, 0.15) is 18.4 Å². The van der Waals surface area contributed by atoms with E-state index in [4.69, 9.17) is 9.84 Å². The second-order valence-corrected chi connectivity index (χ2v) is 5.72. The van der Waals surface area contributed by atoms with Crippen LogP contribution < -0.4 is 5.32 Å². The Morgan fingerprint density at radius 1 is 1.37 bits per heavy atom. The summed E-state index contributed by atoms with van der Waals surface area (Å²) in [7, 11) is 0. The van der Waals surface area contributed by atoms with Gasteiger partial charge in [0.2, 0.25) is 0 Å². The molecular weight excluding hydrogens is 361 g/mol. The van der Waals surface area contributed by atoms with Crippen molar-refractivity contribution in [1.29, 1.82) is 0 Å². The van der Waals surface area contributed by atoms with Crippen molar-refractivity contribution >= 4 is 40.2 Å². The number of amides is 1. The monoisotopic (exact) mass is 375 g/mol. The molecule has 1 aliphatic rings. The average molecular weight is 375 g/mol. The lowest BCUT2D eigenvalue weighted by molar-refractivity contribution is -0.150. The number of benzene rings is 1. The molecule has 1 aromatic rings. The van der Waals surface area contributed by atoms with Gasteiger partial charge in [-0.1, -0.05) is 0 Å². The first-order chi connectivity index (χ1) is 8.97. The molecule has 0 spiro atoms. The lowest BCUT2D eigenvalue weighted by atomic mass is 10.1. The fraction of sp³-hybridized carbons (Fsp3) is 0.385. The molecule has 0 saturated carbocycles. The van der Waals surface area contributed by atoms with Crippen molar-refractivity contribution in [1.82, 2.24) is 0 Å². The van der Waals surface area contributed by atoms with Crippen LogP contribution in [0, 0.1) is 10.5 Å². The van der Waals surface area contributed by atoms with E-state index in [9.17, 15) is 9.59 Å². The molecule has 2 N–H and O–H groups in total. The summed E-state index contributed by atoms with van der Waals surface area (Å²) in [5, 5.41) is 11.6. The van der Waals surface area contributed by atoms with E-state index in [2.05, 4.69) is 27.9 Å². The van der Waals surface area contributed by atoms with Crippen LogP contribution in [0.3, 0.4) is 0 Å². The fourth-order valence-corrected chi connectivity index (χ4v) is 2.64. The van der Waals surface area contributed by atoms with Crippen molar-refractivity contribution in [3.63, 3.8) is 0 Å². The standard InChI is InChI=1S/C13H14INO4/c1-7-6-8(14)2-3-9(7)15-12(16)10-4-5-11(19-10)13(17)18/h2-3,6,10-11H,4-5H2,1H3,(H,15,16)(H,17,18). The first-order valence-corrected chi connectivity index (χ1v) is 7.00. The van der Waals surface area contributed by atoms with Crippen LogP contribution in [0.25, 0.3) is 0 Å². The number of anilines is 1. The Balaban J connectivity index is 2.00. The molecule has 102 valence electrons. The maximum Gasteiger partial charge on any atom is 0.332 e. The second kappa shape index (κ2) is 5.87. The van der Waals surface area contributed by atoms with Gasteiger partial charge < -0.3 is 15.2 Å². The van der Waals surface area contributed by atoms with Gasteiger partial charge in [0, 0.05) is 9.26 Å². The van der Waals surface area contributed by atoms with Gasteiger partial charge in [0.15, 0.2) is 6.10 Å². The Morgan fingerprint density at radius 3 is 2.63 bits per heavy atom. The van der Waals surface area contributed by atoms with Gasteiger partial charge in [0.25, 0.3) is 5.91 Å². The van der Waals surface area contributed by atoms with E-state index in [1.807, 2.05) is 25.1 Å². The Morgan fingerprint density at radius 2 is 2.05 bits per heavy atom. The highest BCUT2D eigenvalue weighted by molar-refractivity contribution is 14.1. The van der Waals surface area contributed by atoms with E-state index in [1.54, 1.807) is 0 Å². The maximum absolute atomic E-state index is 12.0. The van der Waals surface area contributed by atoms with Gasteiger partial charge in [-0.05, 0) is 66.1 Å². The van der Waals surface area contributed by atoms with E-state index in [1.165, 1.54) is 0 Å². The topological polar surface area (TPSA) is 75.6 Å². The Labute approximate surface area is 124 Å². The molecule has 6 heteroatoms. The highest BCUT2D eigenvalue weighted by Crippen LogP contribution is 2.23. The molecule has 1 fully saturated rings. The first kappa shape index (κ1) is 14.3. The van der Waals surface area contributed by atoms with Gasteiger partial charge >= 0.3 is 5.97 Å². The van der Waals surface area contributed by atoms with Gasteiger partial charge in [-0.2, -0.15) is 0 Å². The number of carboxylic acid groups (broad SMARTS) is 1. The molecule has 1 saturated heterocycles. The van der Waals surface area contributed by atoms with Crippen LogP contribution in [0.4, 0.5) is 5.69 Å². The molecule has 0 aromatic heterocycles. The molecular formula is C13H14INO4. The van der Waals surface area contributed by atoms with Crippen molar-refractivity contribution in [2.24, 2.45) is 0 Å². The minimum absolute atomic E-state index is 0.284. The van der Waals surface area contributed by atoms with Gasteiger partial charge in [-0.25, -0.2) is 4.79 Å². The number of hydrogen-bond acceptors (Lipinski definition) is 3. The fourth-order valence-electron chi connectivity index (χ4n) is 1.99.